The first-order valence-electron chi connectivity index (χ1n) is 9.92. The molecule has 170 valence electrons. The maximum Gasteiger partial charge on any atom is 0.338 e. The van der Waals surface area contributed by atoms with Crippen LogP contribution in [0.4, 0.5) is 22.0 Å². The minimum Gasteiger partial charge on any atom is -0.462 e. The minimum atomic E-state index is -2.62. The van der Waals surface area contributed by atoms with Crippen molar-refractivity contribution in [1.29, 1.82) is 0 Å². The van der Waals surface area contributed by atoms with Crippen LogP contribution in [0.25, 0.3) is 11.0 Å². The SMILES string of the molecule is CCOC(=O)c1cc(F)c2nc(Cc3cc(F)c(Br)cc3F)n(CC3(C(F)F)CC3)c2c1. The number of rotatable bonds is 7. The third kappa shape index (κ3) is 4.12. The lowest BCUT2D eigenvalue weighted by Crippen LogP contribution is -2.21. The van der Waals surface area contributed by atoms with E-state index in [4.69, 9.17) is 4.74 Å². The van der Waals surface area contributed by atoms with Crippen molar-refractivity contribution in [2.24, 2.45) is 5.41 Å². The molecule has 0 spiro atoms. The van der Waals surface area contributed by atoms with Gasteiger partial charge in [0.15, 0.2) is 5.82 Å². The van der Waals surface area contributed by atoms with Crippen LogP contribution in [0.2, 0.25) is 0 Å². The van der Waals surface area contributed by atoms with E-state index in [0.717, 1.165) is 18.2 Å². The predicted molar refractivity (Wildman–Crippen MR) is 110 cm³/mol. The van der Waals surface area contributed by atoms with E-state index in [9.17, 15) is 26.7 Å². The quantitative estimate of drug-likeness (QED) is 0.219. The fraction of sp³-hybridized carbons (Fsp3) is 0.364. The number of carbonyl (C=O) groups excluding carboxylic acids is 1. The van der Waals surface area contributed by atoms with Crippen LogP contribution < -0.4 is 0 Å². The van der Waals surface area contributed by atoms with Gasteiger partial charge in [0.05, 0.1) is 22.2 Å². The van der Waals surface area contributed by atoms with Crippen molar-refractivity contribution < 1.29 is 31.5 Å². The third-order valence-electron chi connectivity index (χ3n) is 5.66. The smallest absolute Gasteiger partial charge is 0.338 e. The second-order valence-corrected chi connectivity index (χ2v) is 8.71. The normalized spacial score (nSPS) is 14.9. The highest BCUT2D eigenvalue weighted by Gasteiger charge is 2.51. The molecular formula is C22H18BrF5N2O2. The summed E-state index contributed by atoms with van der Waals surface area (Å²) in [5, 5.41) is 0. The van der Waals surface area contributed by atoms with Crippen molar-refractivity contribution in [3.8, 4) is 0 Å². The van der Waals surface area contributed by atoms with Crippen LogP contribution in [0.15, 0.2) is 28.7 Å². The highest BCUT2D eigenvalue weighted by atomic mass is 79.9. The van der Waals surface area contributed by atoms with Crippen molar-refractivity contribution in [2.45, 2.75) is 39.2 Å². The fourth-order valence-corrected chi connectivity index (χ4v) is 3.98. The summed E-state index contributed by atoms with van der Waals surface area (Å²) in [6, 6.07) is 4.22. The van der Waals surface area contributed by atoms with E-state index in [2.05, 4.69) is 20.9 Å². The van der Waals surface area contributed by atoms with E-state index in [1.165, 1.54) is 10.6 Å². The van der Waals surface area contributed by atoms with Crippen molar-refractivity contribution in [3.63, 3.8) is 0 Å². The summed E-state index contributed by atoms with van der Waals surface area (Å²) in [7, 11) is 0. The molecule has 0 amide bonds. The number of hydrogen-bond acceptors (Lipinski definition) is 3. The lowest BCUT2D eigenvalue weighted by Gasteiger charge is -2.18. The number of alkyl halides is 2. The maximum atomic E-state index is 14.8. The van der Waals surface area contributed by atoms with Gasteiger partial charge < -0.3 is 9.30 Å². The first kappa shape index (κ1) is 22.7. The molecule has 1 heterocycles. The van der Waals surface area contributed by atoms with E-state index in [0.29, 0.717) is 0 Å². The number of imidazole rings is 1. The van der Waals surface area contributed by atoms with Crippen LogP contribution in [0.3, 0.4) is 0 Å². The summed E-state index contributed by atoms with van der Waals surface area (Å²) in [4.78, 5) is 16.3. The average molecular weight is 517 g/mol. The zero-order valence-corrected chi connectivity index (χ0v) is 18.5. The molecule has 0 radical (unpaired) electrons. The van der Waals surface area contributed by atoms with Gasteiger partial charge in [-0.2, -0.15) is 0 Å². The van der Waals surface area contributed by atoms with E-state index < -0.39 is 35.3 Å². The zero-order chi connectivity index (χ0) is 23.2. The molecule has 1 aromatic heterocycles. The summed E-state index contributed by atoms with van der Waals surface area (Å²) in [5.74, 6) is -2.94. The third-order valence-corrected chi connectivity index (χ3v) is 6.27. The van der Waals surface area contributed by atoms with E-state index in [1.807, 2.05) is 0 Å². The second-order valence-electron chi connectivity index (χ2n) is 7.86. The molecule has 2 aromatic carbocycles. The highest BCUT2D eigenvalue weighted by Crippen LogP contribution is 2.52. The average Bonchev–Trinajstić information content (AvgIpc) is 3.44. The summed E-state index contributed by atoms with van der Waals surface area (Å²) in [6.07, 6.45) is -2.33. The highest BCUT2D eigenvalue weighted by molar-refractivity contribution is 9.10. The first-order chi connectivity index (χ1) is 15.1. The van der Waals surface area contributed by atoms with Gasteiger partial charge in [-0.1, -0.05) is 0 Å². The number of halogens is 6. The number of benzene rings is 2. The van der Waals surface area contributed by atoms with Gasteiger partial charge in [0, 0.05) is 18.4 Å². The van der Waals surface area contributed by atoms with E-state index >= 15 is 0 Å². The molecule has 10 heteroatoms. The van der Waals surface area contributed by atoms with Gasteiger partial charge in [0.2, 0.25) is 6.43 Å². The molecule has 1 aliphatic rings. The number of carbonyl (C=O) groups is 1. The van der Waals surface area contributed by atoms with Crippen molar-refractivity contribution in [2.75, 3.05) is 6.61 Å². The van der Waals surface area contributed by atoms with Gasteiger partial charge in [-0.15, -0.1) is 0 Å². The Hall–Kier alpha value is -2.49. The molecule has 0 saturated heterocycles. The molecule has 3 aromatic rings. The van der Waals surface area contributed by atoms with Gasteiger partial charge in [0.25, 0.3) is 0 Å². The second kappa shape index (κ2) is 8.46. The van der Waals surface area contributed by atoms with Crippen LogP contribution in [-0.2, 0) is 17.7 Å². The Kier molecular flexibility index (Phi) is 6.00. The molecule has 0 atom stereocenters. The van der Waals surface area contributed by atoms with Crippen molar-refractivity contribution in [3.05, 3.63) is 63.1 Å². The van der Waals surface area contributed by atoms with Gasteiger partial charge in [0.1, 0.15) is 23.0 Å². The monoisotopic (exact) mass is 516 g/mol. The van der Waals surface area contributed by atoms with Crippen LogP contribution in [0.1, 0.15) is 41.5 Å². The van der Waals surface area contributed by atoms with Gasteiger partial charge >= 0.3 is 5.97 Å². The zero-order valence-electron chi connectivity index (χ0n) is 16.9. The summed E-state index contributed by atoms with van der Waals surface area (Å²) in [5.41, 5.74) is -1.48. The number of esters is 1. The van der Waals surface area contributed by atoms with Crippen molar-refractivity contribution in [1.82, 2.24) is 9.55 Å². The number of fused-ring (bicyclic) bond motifs is 1. The lowest BCUT2D eigenvalue weighted by molar-refractivity contribution is 0.0510. The molecule has 4 rings (SSSR count). The Morgan fingerprint density at radius 3 is 2.50 bits per heavy atom. The molecule has 1 aliphatic carbocycles. The lowest BCUT2D eigenvalue weighted by atomic mass is 10.1. The number of aromatic nitrogens is 2. The van der Waals surface area contributed by atoms with Crippen LogP contribution in [0, 0.1) is 22.9 Å². The molecule has 1 saturated carbocycles. The van der Waals surface area contributed by atoms with Gasteiger partial charge in [-0.05, 0) is 65.5 Å². The summed E-state index contributed by atoms with van der Waals surface area (Å²) < 4.78 is 76.8. The largest absolute Gasteiger partial charge is 0.462 e. The van der Waals surface area contributed by atoms with Crippen LogP contribution in [0.5, 0.6) is 0 Å². The first-order valence-corrected chi connectivity index (χ1v) is 10.7. The van der Waals surface area contributed by atoms with Gasteiger partial charge in [-0.3, -0.25) is 0 Å². The molecule has 0 unspecified atom stereocenters. The Balaban J connectivity index is 1.86. The Bertz CT molecular complexity index is 1210. The maximum absolute atomic E-state index is 14.8. The summed E-state index contributed by atoms with van der Waals surface area (Å²) in [6.45, 7) is 1.48. The minimum absolute atomic E-state index is 0.0600. The van der Waals surface area contributed by atoms with E-state index in [-0.39, 0.29) is 64.9 Å². The van der Waals surface area contributed by atoms with E-state index in [1.54, 1.807) is 6.92 Å². The number of ether oxygens (including phenoxy) is 1. The molecule has 0 bridgehead atoms. The Morgan fingerprint density at radius 2 is 1.88 bits per heavy atom. The number of nitrogens with zero attached hydrogens (tertiary/aromatic N) is 2. The predicted octanol–water partition coefficient (Wildman–Crippen LogP) is 6.03. The van der Waals surface area contributed by atoms with Gasteiger partial charge in [-0.25, -0.2) is 31.7 Å². The van der Waals surface area contributed by atoms with Crippen molar-refractivity contribution >= 4 is 32.9 Å². The molecule has 1 fully saturated rings. The standard InChI is InChI=1S/C22H18BrF5N2O2/c1-2-32-20(31)12-6-16(26)19-17(7-12)30(10-22(3-4-22)21(27)28)18(29-19)8-11-5-15(25)13(23)9-14(11)24/h5-7,9,21H,2-4,8,10H2,1H3. The number of hydrogen-bond donors (Lipinski definition) is 0. The molecule has 32 heavy (non-hydrogen) atoms. The summed E-state index contributed by atoms with van der Waals surface area (Å²) >= 11 is 2.90. The Labute approximate surface area is 188 Å². The Morgan fingerprint density at radius 1 is 1.16 bits per heavy atom. The topological polar surface area (TPSA) is 44.1 Å². The molecule has 0 aliphatic heterocycles. The molecular weight excluding hydrogens is 499 g/mol. The molecule has 0 N–H and O–H groups in total. The van der Waals surface area contributed by atoms with Crippen LogP contribution >= 0.6 is 15.9 Å². The fourth-order valence-electron chi connectivity index (χ4n) is 3.66. The molecule has 4 nitrogen and oxygen atoms in total. The van der Waals surface area contributed by atoms with Crippen LogP contribution in [-0.4, -0.2) is 28.6 Å².